The molecule has 2 unspecified atom stereocenters. The van der Waals surface area contributed by atoms with Crippen molar-refractivity contribution in [2.75, 3.05) is 65.9 Å². The topological polar surface area (TPSA) is 136 Å². The highest BCUT2D eigenvalue weighted by Gasteiger charge is 2.23. The van der Waals surface area contributed by atoms with Crippen LogP contribution in [0.3, 0.4) is 0 Å². The fraction of sp³-hybridized carbons (Fsp3) is 0.840. The molecule has 0 N–H and O–H groups in total. The molecule has 1 fully saturated rings. The van der Waals surface area contributed by atoms with E-state index in [-0.39, 0.29) is 57.1 Å². The van der Waals surface area contributed by atoms with E-state index in [1.54, 1.807) is 0 Å². The maximum absolute atomic E-state index is 13.0. The Kier molecular flexibility index (Phi) is 38.7. The number of unbranched alkanes of at least 4 members (excludes halogenated alkanes) is 13. The molecule has 12 heteroatoms. The first-order chi connectivity index (χ1) is 30.3. The minimum absolute atomic E-state index is 0.0756. The fourth-order valence-corrected chi connectivity index (χ4v) is 7.09. The molecule has 0 aromatic carbocycles. The van der Waals surface area contributed by atoms with Gasteiger partial charge in [-0.3, -0.25) is 14.4 Å². The van der Waals surface area contributed by atoms with Gasteiger partial charge in [0.25, 0.3) is 0 Å². The van der Waals surface area contributed by atoms with Crippen LogP contribution >= 0.6 is 0 Å². The fourth-order valence-electron chi connectivity index (χ4n) is 7.09. The maximum Gasteiger partial charge on any atom is 0.508 e. The Labute approximate surface area is 376 Å². The summed E-state index contributed by atoms with van der Waals surface area (Å²) >= 11 is 0. The zero-order chi connectivity index (χ0) is 45.1. The van der Waals surface area contributed by atoms with Gasteiger partial charge in [0.2, 0.25) is 0 Å². The summed E-state index contributed by atoms with van der Waals surface area (Å²) in [5.74, 6) is -1.29. The highest BCUT2D eigenvalue weighted by molar-refractivity contribution is 5.70. The van der Waals surface area contributed by atoms with Crippen LogP contribution in [0.15, 0.2) is 24.3 Å². The molecule has 360 valence electrons. The monoisotopic (exact) mass is 880 g/mol. The van der Waals surface area contributed by atoms with Crippen molar-refractivity contribution >= 4 is 24.1 Å². The molecule has 0 amide bonds. The minimum atomic E-state index is -0.789. The van der Waals surface area contributed by atoms with Crippen molar-refractivity contribution in [1.82, 2.24) is 4.90 Å². The summed E-state index contributed by atoms with van der Waals surface area (Å²) in [5.41, 5.74) is 0. The Morgan fingerprint density at radius 3 is 1.69 bits per heavy atom. The third-order valence-electron chi connectivity index (χ3n) is 10.9. The van der Waals surface area contributed by atoms with E-state index >= 15 is 0 Å². The predicted molar refractivity (Wildman–Crippen MR) is 246 cm³/mol. The first-order valence-corrected chi connectivity index (χ1v) is 24.8. The third kappa shape index (κ3) is 35.5. The van der Waals surface area contributed by atoms with Crippen LogP contribution in [0.5, 0.6) is 0 Å². The van der Waals surface area contributed by atoms with Crippen LogP contribution in [0.1, 0.15) is 188 Å². The van der Waals surface area contributed by atoms with Gasteiger partial charge in [-0.25, -0.2) is 4.79 Å². The second kappa shape index (κ2) is 42.0. The molecule has 12 nitrogen and oxygen atoms in total. The summed E-state index contributed by atoms with van der Waals surface area (Å²) in [6.45, 7) is 13.1. The average molecular weight is 880 g/mol. The first-order valence-electron chi connectivity index (χ1n) is 24.8. The molecule has 0 aromatic rings. The molecule has 0 spiro atoms. The molecule has 0 bridgehead atoms. The van der Waals surface area contributed by atoms with E-state index in [9.17, 15) is 19.2 Å². The molecular formula is C50H89NO11. The van der Waals surface area contributed by atoms with Gasteiger partial charge in [0.15, 0.2) is 6.29 Å². The van der Waals surface area contributed by atoms with E-state index in [1.165, 1.54) is 32.1 Å². The smallest absolute Gasteiger partial charge is 0.466 e. The minimum Gasteiger partial charge on any atom is -0.466 e. The van der Waals surface area contributed by atoms with Crippen LogP contribution in [0, 0.1) is 11.8 Å². The number of likely N-dealkylation sites (tertiary alicyclic amines) is 1. The SMILES string of the molecule is CC/C=C\CCCCOC(CCC(=O)OCC(COC(=O)CCCCCCC(=O)OCCCCCCCCC)COC(=O)OCC1CCCN(CC)C1)OCCCC/C=C\CC. The summed E-state index contributed by atoms with van der Waals surface area (Å²) in [5, 5.41) is 0. The number of allylic oxidation sites excluding steroid dienone is 4. The Hall–Kier alpha value is -2.96. The summed E-state index contributed by atoms with van der Waals surface area (Å²) in [4.78, 5) is 52.7. The number of carbonyl (C=O) groups is 4. The number of hydrogen-bond donors (Lipinski definition) is 0. The zero-order valence-electron chi connectivity index (χ0n) is 39.7. The standard InChI is InChI=1S/C50H89NO11/c1-5-9-12-15-18-23-26-36-56-46(52)31-24-19-20-25-32-47(53)59-41-45(43-62-50(55)61-40-44-30-29-35-51(8-4)39-44)42-60-48(54)33-34-49(57-37-27-21-16-13-10-6-2)58-38-28-22-17-14-11-7-3/h10-11,13-14,44-45,49H,5-9,12,15-43H2,1-4H3/b13-10-,14-11-. The lowest BCUT2D eigenvalue weighted by molar-refractivity contribution is -0.161. The predicted octanol–water partition coefficient (Wildman–Crippen LogP) is 11.6. The van der Waals surface area contributed by atoms with Crippen LogP contribution in [-0.4, -0.2) is 101 Å². The van der Waals surface area contributed by atoms with Crippen LogP contribution in [0.25, 0.3) is 0 Å². The highest BCUT2D eigenvalue weighted by atomic mass is 16.7. The number of hydrogen-bond acceptors (Lipinski definition) is 12. The van der Waals surface area contributed by atoms with E-state index < -0.39 is 24.3 Å². The summed E-state index contributed by atoms with van der Waals surface area (Å²) in [6.07, 6.45) is 29.7. The summed E-state index contributed by atoms with van der Waals surface area (Å²) in [7, 11) is 0. The van der Waals surface area contributed by atoms with Crippen molar-refractivity contribution in [1.29, 1.82) is 0 Å². The van der Waals surface area contributed by atoms with Gasteiger partial charge in [-0.2, -0.15) is 0 Å². The Balaban J connectivity index is 2.56. The van der Waals surface area contributed by atoms with Crippen LogP contribution in [0.2, 0.25) is 0 Å². The van der Waals surface area contributed by atoms with Gasteiger partial charge >= 0.3 is 24.1 Å². The summed E-state index contributed by atoms with van der Waals surface area (Å²) in [6, 6.07) is 0. The van der Waals surface area contributed by atoms with E-state index in [4.69, 9.17) is 33.2 Å². The Bertz CT molecular complexity index is 1140. The lowest BCUT2D eigenvalue weighted by atomic mass is 9.99. The molecule has 1 saturated heterocycles. The Morgan fingerprint density at radius 1 is 0.565 bits per heavy atom. The lowest BCUT2D eigenvalue weighted by Crippen LogP contribution is -2.37. The molecule has 1 aliphatic heterocycles. The van der Waals surface area contributed by atoms with Crippen molar-refractivity contribution in [2.45, 2.75) is 195 Å². The van der Waals surface area contributed by atoms with Crippen LogP contribution < -0.4 is 0 Å². The van der Waals surface area contributed by atoms with Crippen LogP contribution in [0.4, 0.5) is 4.79 Å². The van der Waals surface area contributed by atoms with Gasteiger partial charge < -0.3 is 38.1 Å². The Morgan fingerprint density at radius 2 is 1.10 bits per heavy atom. The average Bonchev–Trinajstić information content (AvgIpc) is 3.28. The number of piperidine rings is 1. The zero-order valence-corrected chi connectivity index (χ0v) is 39.7. The largest absolute Gasteiger partial charge is 0.508 e. The highest BCUT2D eigenvalue weighted by Crippen LogP contribution is 2.17. The van der Waals surface area contributed by atoms with E-state index in [0.717, 1.165) is 116 Å². The van der Waals surface area contributed by atoms with Gasteiger partial charge in [-0.1, -0.05) is 103 Å². The van der Waals surface area contributed by atoms with Gasteiger partial charge in [-0.15, -0.1) is 0 Å². The molecule has 62 heavy (non-hydrogen) atoms. The molecule has 2 atom stereocenters. The second-order valence-electron chi connectivity index (χ2n) is 16.7. The van der Waals surface area contributed by atoms with E-state index in [0.29, 0.717) is 39.1 Å². The van der Waals surface area contributed by atoms with Crippen molar-refractivity contribution in [3.05, 3.63) is 24.3 Å². The molecule has 1 heterocycles. The third-order valence-corrected chi connectivity index (χ3v) is 10.9. The van der Waals surface area contributed by atoms with Crippen LogP contribution in [-0.2, 0) is 47.5 Å². The van der Waals surface area contributed by atoms with Crippen molar-refractivity contribution in [3.63, 3.8) is 0 Å². The van der Waals surface area contributed by atoms with Crippen molar-refractivity contribution in [3.8, 4) is 0 Å². The lowest BCUT2D eigenvalue weighted by Gasteiger charge is -2.31. The van der Waals surface area contributed by atoms with Crippen molar-refractivity contribution in [2.24, 2.45) is 11.8 Å². The summed E-state index contributed by atoms with van der Waals surface area (Å²) < 4.78 is 39.6. The van der Waals surface area contributed by atoms with Gasteiger partial charge in [0.05, 0.1) is 25.6 Å². The number of esters is 3. The van der Waals surface area contributed by atoms with Crippen molar-refractivity contribution < 1.29 is 52.3 Å². The molecule has 0 aliphatic carbocycles. The van der Waals surface area contributed by atoms with E-state index in [1.807, 2.05) is 0 Å². The number of rotatable bonds is 41. The molecule has 0 saturated carbocycles. The number of nitrogens with zero attached hydrogens (tertiary/aromatic N) is 1. The normalized spacial score (nSPS) is 15.0. The molecule has 0 aromatic heterocycles. The molecule has 0 radical (unpaired) electrons. The van der Waals surface area contributed by atoms with Gasteiger partial charge in [-0.05, 0) is 96.6 Å². The molecular weight excluding hydrogens is 791 g/mol. The molecule has 1 rings (SSSR count). The number of carbonyl (C=O) groups excluding carboxylic acids is 4. The second-order valence-corrected chi connectivity index (χ2v) is 16.7. The van der Waals surface area contributed by atoms with Gasteiger partial charge in [0, 0.05) is 44.9 Å². The first kappa shape index (κ1) is 57.1. The maximum atomic E-state index is 13.0. The van der Waals surface area contributed by atoms with Gasteiger partial charge in [0.1, 0.15) is 19.8 Å². The van der Waals surface area contributed by atoms with E-state index in [2.05, 4.69) is 56.9 Å². The number of ether oxygens (including phenoxy) is 7. The molecule has 1 aliphatic rings. The quantitative estimate of drug-likeness (QED) is 0.0190.